The second kappa shape index (κ2) is 9.25. The summed E-state index contributed by atoms with van der Waals surface area (Å²) in [5, 5.41) is 13.8. The summed E-state index contributed by atoms with van der Waals surface area (Å²) in [6, 6.07) is 23.9. The summed E-state index contributed by atoms with van der Waals surface area (Å²) in [4.78, 5) is 23.9. The monoisotopic (exact) mass is 374 g/mol. The number of carbonyl (C=O) groups excluding carboxylic acids is 2. The number of hydrogen-bond acceptors (Lipinski definition) is 5. The summed E-state index contributed by atoms with van der Waals surface area (Å²) >= 11 is 0. The Morgan fingerprint density at radius 3 is 2.14 bits per heavy atom. The van der Waals surface area contributed by atoms with E-state index in [1.807, 2.05) is 6.07 Å². The van der Waals surface area contributed by atoms with Crippen molar-refractivity contribution in [1.29, 1.82) is 0 Å². The molecule has 0 aromatic heterocycles. The third-order valence-electron chi connectivity index (χ3n) is 3.85. The van der Waals surface area contributed by atoms with Crippen LogP contribution in [0, 0.1) is 0 Å². The third kappa shape index (κ3) is 5.12. The molecule has 2 N–H and O–H groups in total. The van der Waals surface area contributed by atoms with E-state index in [2.05, 4.69) is 10.5 Å². The molecule has 1 unspecified atom stereocenters. The van der Waals surface area contributed by atoms with E-state index in [1.165, 1.54) is 6.21 Å². The first-order valence-corrected chi connectivity index (χ1v) is 8.57. The van der Waals surface area contributed by atoms with Crippen molar-refractivity contribution in [3.8, 4) is 5.75 Å². The van der Waals surface area contributed by atoms with Gasteiger partial charge in [-0.2, -0.15) is 5.10 Å². The van der Waals surface area contributed by atoms with Gasteiger partial charge in [0.05, 0.1) is 11.8 Å². The van der Waals surface area contributed by atoms with Crippen LogP contribution in [0.4, 0.5) is 0 Å². The predicted molar refractivity (Wildman–Crippen MR) is 105 cm³/mol. The predicted octanol–water partition coefficient (Wildman–Crippen LogP) is 3.09. The maximum atomic E-state index is 12.0. The van der Waals surface area contributed by atoms with Crippen molar-refractivity contribution in [2.24, 2.45) is 5.10 Å². The average Bonchev–Trinajstić information content (AvgIpc) is 2.75. The Labute approximate surface area is 162 Å². The van der Waals surface area contributed by atoms with Crippen LogP contribution in [0.5, 0.6) is 5.75 Å². The lowest BCUT2D eigenvalue weighted by molar-refractivity contribution is -0.129. The van der Waals surface area contributed by atoms with Crippen molar-refractivity contribution in [1.82, 2.24) is 5.43 Å². The fourth-order valence-electron chi connectivity index (χ4n) is 2.38. The first kappa shape index (κ1) is 19.0. The van der Waals surface area contributed by atoms with E-state index in [-0.39, 0.29) is 0 Å². The topological polar surface area (TPSA) is 88.0 Å². The summed E-state index contributed by atoms with van der Waals surface area (Å²) in [5.41, 5.74) is 3.93. The molecule has 0 saturated heterocycles. The van der Waals surface area contributed by atoms with Gasteiger partial charge in [-0.15, -0.1) is 0 Å². The largest absolute Gasteiger partial charge is 0.423 e. The lowest BCUT2D eigenvalue weighted by Gasteiger charge is -2.08. The summed E-state index contributed by atoms with van der Waals surface area (Å²) < 4.78 is 5.29. The van der Waals surface area contributed by atoms with E-state index in [4.69, 9.17) is 4.74 Å². The van der Waals surface area contributed by atoms with Crippen molar-refractivity contribution < 1.29 is 19.4 Å². The standard InChI is InChI=1S/C22H18N2O4/c25-20(17-7-3-1-4-8-17)21(26)24-23-15-16-11-13-19(14-12-16)28-22(27)18-9-5-2-6-10-18/h1-15,20,25H,(H,24,26)/b23-15+. The molecule has 0 aliphatic heterocycles. The maximum Gasteiger partial charge on any atom is 0.343 e. The molecule has 0 saturated carbocycles. The molecule has 0 aliphatic rings. The SMILES string of the molecule is O=C(Oc1ccc(/C=N/NC(=O)C(O)c2ccccc2)cc1)c1ccccc1. The Hall–Kier alpha value is -3.77. The van der Waals surface area contributed by atoms with Crippen molar-refractivity contribution in [2.75, 3.05) is 0 Å². The molecule has 3 rings (SSSR count). The summed E-state index contributed by atoms with van der Waals surface area (Å²) in [6.07, 6.45) is 0.136. The van der Waals surface area contributed by atoms with Crippen LogP contribution >= 0.6 is 0 Å². The lowest BCUT2D eigenvalue weighted by atomic mass is 10.1. The molecular weight excluding hydrogens is 356 g/mol. The molecular formula is C22H18N2O4. The first-order chi connectivity index (χ1) is 13.6. The summed E-state index contributed by atoms with van der Waals surface area (Å²) in [7, 11) is 0. The van der Waals surface area contributed by atoms with E-state index < -0.39 is 18.0 Å². The summed E-state index contributed by atoms with van der Waals surface area (Å²) in [6.45, 7) is 0. The highest BCUT2D eigenvalue weighted by atomic mass is 16.5. The number of amides is 1. The third-order valence-corrected chi connectivity index (χ3v) is 3.85. The van der Waals surface area contributed by atoms with Crippen LogP contribution in [0.15, 0.2) is 90.0 Å². The zero-order chi connectivity index (χ0) is 19.8. The second-order valence-electron chi connectivity index (χ2n) is 5.87. The normalized spacial score (nSPS) is 11.8. The Balaban J connectivity index is 1.54. The van der Waals surface area contributed by atoms with Crippen LogP contribution < -0.4 is 10.2 Å². The number of nitrogens with one attached hydrogen (secondary N) is 1. The second-order valence-corrected chi connectivity index (χ2v) is 5.87. The maximum absolute atomic E-state index is 12.0. The lowest BCUT2D eigenvalue weighted by Crippen LogP contribution is -2.25. The molecule has 1 atom stereocenters. The van der Waals surface area contributed by atoms with Gasteiger partial charge in [0.2, 0.25) is 0 Å². The highest BCUT2D eigenvalue weighted by Crippen LogP contribution is 2.14. The van der Waals surface area contributed by atoms with Crippen LogP contribution in [0.25, 0.3) is 0 Å². The minimum atomic E-state index is -1.29. The van der Waals surface area contributed by atoms with Gasteiger partial charge in [-0.05, 0) is 47.5 Å². The molecule has 1 amide bonds. The van der Waals surface area contributed by atoms with Gasteiger partial charge in [0.15, 0.2) is 6.10 Å². The van der Waals surface area contributed by atoms with Gasteiger partial charge in [-0.3, -0.25) is 4.79 Å². The van der Waals surface area contributed by atoms with E-state index in [0.717, 1.165) is 0 Å². The molecule has 6 heteroatoms. The number of nitrogens with zero attached hydrogens (tertiary/aromatic N) is 1. The Bertz CT molecular complexity index is 955. The smallest absolute Gasteiger partial charge is 0.343 e. The number of hydrazone groups is 1. The number of aliphatic hydroxyl groups is 1. The van der Waals surface area contributed by atoms with Crippen molar-refractivity contribution in [3.05, 3.63) is 102 Å². The zero-order valence-electron chi connectivity index (χ0n) is 14.9. The van der Waals surface area contributed by atoms with E-state index >= 15 is 0 Å². The van der Waals surface area contributed by atoms with Crippen LogP contribution in [0.2, 0.25) is 0 Å². The minimum Gasteiger partial charge on any atom is -0.423 e. The van der Waals surface area contributed by atoms with Gasteiger partial charge in [0.25, 0.3) is 5.91 Å². The van der Waals surface area contributed by atoms with Crippen molar-refractivity contribution in [2.45, 2.75) is 6.10 Å². The molecule has 0 fully saturated rings. The van der Waals surface area contributed by atoms with Crippen molar-refractivity contribution in [3.63, 3.8) is 0 Å². The van der Waals surface area contributed by atoms with E-state index in [1.54, 1.807) is 78.9 Å². The molecule has 0 spiro atoms. The Morgan fingerprint density at radius 1 is 0.893 bits per heavy atom. The molecule has 0 heterocycles. The number of benzene rings is 3. The number of carbonyl (C=O) groups is 2. The quantitative estimate of drug-likeness (QED) is 0.300. The molecule has 0 aliphatic carbocycles. The van der Waals surface area contributed by atoms with Gasteiger partial charge in [-0.1, -0.05) is 48.5 Å². The highest BCUT2D eigenvalue weighted by Gasteiger charge is 2.15. The molecule has 6 nitrogen and oxygen atoms in total. The molecule has 140 valence electrons. The number of aliphatic hydroxyl groups excluding tert-OH is 1. The van der Waals surface area contributed by atoms with Gasteiger partial charge < -0.3 is 9.84 Å². The molecule has 28 heavy (non-hydrogen) atoms. The van der Waals surface area contributed by atoms with Crippen LogP contribution in [-0.2, 0) is 4.79 Å². The van der Waals surface area contributed by atoms with Gasteiger partial charge in [0.1, 0.15) is 5.75 Å². The fourth-order valence-corrected chi connectivity index (χ4v) is 2.38. The molecule has 0 radical (unpaired) electrons. The Kier molecular flexibility index (Phi) is 6.28. The zero-order valence-corrected chi connectivity index (χ0v) is 14.9. The molecule has 3 aromatic carbocycles. The number of ether oxygens (including phenoxy) is 1. The molecule has 0 bridgehead atoms. The highest BCUT2D eigenvalue weighted by molar-refractivity contribution is 5.91. The van der Waals surface area contributed by atoms with Gasteiger partial charge in [-0.25, -0.2) is 10.2 Å². The summed E-state index contributed by atoms with van der Waals surface area (Å²) in [5.74, 6) is -0.672. The van der Waals surface area contributed by atoms with E-state index in [9.17, 15) is 14.7 Å². The van der Waals surface area contributed by atoms with Gasteiger partial charge >= 0.3 is 5.97 Å². The average molecular weight is 374 g/mol. The van der Waals surface area contributed by atoms with Crippen LogP contribution in [0.1, 0.15) is 27.6 Å². The molecule has 3 aromatic rings. The van der Waals surface area contributed by atoms with Gasteiger partial charge in [0, 0.05) is 0 Å². The number of hydrogen-bond donors (Lipinski definition) is 2. The number of rotatable bonds is 6. The van der Waals surface area contributed by atoms with E-state index in [0.29, 0.717) is 22.4 Å². The van der Waals surface area contributed by atoms with Crippen molar-refractivity contribution >= 4 is 18.1 Å². The van der Waals surface area contributed by atoms with Crippen LogP contribution in [0.3, 0.4) is 0 Å². The minimum absolute atomic E-state index is 0.398. The Morgan fingerprint density at radius 2 is 1.50 bits per heavy atom. The first-order valence-electron chi connectivity index (χ1n) is 8.57. The number of esters is 1. The fraction of sp³-hybridized carbons (Fsp3) is 0.0455. The van der Waals surface area contributed by atoms with Crippen LogP contribution in [-0.4, -0.2) is 23.2 Å².